The van der Waals surface area contributed by atoms with Crippen LogP contribution in [0.15, 0.2) is 41.1 Å². The van der Waals surface area contributed by atoms with Crippen molar-refractivity contribution >= 4 is 27.5 Å². The minimum atomic E-state index is 0.0550. The van der Waals surface area contributed by atoms with E-state index in [2.05, 4.69) is 57.9 Å². The maximum Gasteiger partial charge on any atom is 0.255 e. The highest BCUT2D eigenvalue weighted by atomic mass is 79.9. The second kappa shape index (κ2) is 6.71. The van der Waals surface area contributed by atoms with Crippen LogP contribution in [0.3, 0.4) is 0 Å². The van der Waals surface area contributed by atoms with Crippen LogP contribution in [0.1, 0.15) is 21.5 Å². The molecule has 0 saturated carbocycles. The van der Waals surface area contributed by atoms with Crippen LogP contribution in [0.25, 0.3) is 0 Å². The molecular weight excluding hydrogens is 354 g/mol. The van der Waals surface area contributed by atoms with Gasteiger partial charge in [0.2, 0.25) is 0 Å². The zero-order chi connectivity index (χ0) is 16.4. The number of aryl methyl sites for hydroxylation is 1. The average molecular weight is 374 g/mol. The van der Waals surface area contributed by atoms with Crippen LogP contribution in [0.4, 0.5) is 5.69 Å². The van der Waals surface area contributed by atoms with E-state index in [9.17, 15) is 4.79 Å². The van der Waals surface area contributed by atoms with Crippen LogP contribution in [-0.4, -0.2) is 42.0 Å². The summed E-state index contributed by atoms with van der Waals surface area (Å²) in [6, 6.07) is 8.23. The van der Waals surface area contributed by atoms with Gasteiger partial charge in [-0.3, -0.25) is 9.78 Å². The average Bonchev–Trinajstić information content (AvgIpc) is 2.57. The van der Waals surface area contributed by atoms with E-state index in [1.165, 1.54) is 16.8 Å². The highest BCUT2D eigenvalue weighted by Crippen LogP contribution is 2.24. The number of hydrogen-bond acceptors (Lipinski definition) is 3. The van der Waals surface area contributed by atoms with Crippen molar-refractivity contribution in [2.24, 2.45) is 0 Å². The fourth-order valence-electron chi connectivity index (χ4n) is 2.94. The summed E-state index contributed by atoms with van der Waals surface area (Å²) < 4.78 is 0.831. The summed E-state index contributed by atoms with van der Waals surface area (Å²) in [6.45, 7) is 7.49. The van der Waals surface area contributed by atoms with E-state index in [4.69, 9.17) is 0 Å². The van der Waals surface area contributed by atoms with Crippen LogP contribution in [-0.2, 0) is 0 Å². The fourth-order valence-corrected chi connectivity index (χ4v) is 3.30. The molecule has 0 spiro atoms. The first-order valence-electron chi connectivity index (χ1n) is 7.77. The molecular formula is C18H20BrN3O. The van der Waals surface area contributed by atoms with Crippen LogP contribution in [0, 0.1) is 13.8 Å². The molecule has 3 rings (SSSR count). The van der Waals surface area contributed by atoms with E-state index in [-0.39, 0.29) is 5.91 Å². The van der Waals surface area contributed by atoms with Crippen molar-refractivity contribution in [3.63, 3.8) is 0 Å². The lowest BCUT2D eigenvalue weighted by molar-refractivity contribution is 0.0746. The van der Waals surface area contributed by atoms with Gasteiger partial charge in [-0.1, -0.05) is 12.1 Å². The number of pyridine rings is 1. The van der Waals surface area contributed by atoms with E-state index in [0.717, 1.165) is 30.7 Å². The molecule has 1 aromatic carbocycles. The van der Waals surface area contributed by atoms with Gasteiger partial charge in [0.05, 0.1) is 5.56 Å². The number of benzene rings is 1. The van der Waals surface area contributed by atoms with Gasteiger partial charge >= 0.3 is 0 Å². The molecule has 1 aliphatic heterocycles. The second-order valence-electron chi connectivity index (χ2n) is 5.89. The van der Waals surface area contributed by atoms with Gasteiger partial charge in [-0.15, -0.1) is 0 Å². The number of carbonyl (C=O) groups is 1. The molecule has 5 heteroatoms. The van der Waals surface area contributed by atoms with Crippen molar-refractivity contribution in [3.8, 4) is 0 Å². The fraction of sp³-hybridized carbons (Fsp3) is 0.333. The quantitative estimate of drug-likeness (QED) is 0.808. The predicted octanol–water partition coefficient (Wildman–Crippen LogP) is 3.42. The lowest BCUT2D eigenvalue weighted by Crippen LogP contribution is -2.49. The van der Waals surface area contributed by atoms with E-state index in [0.29, 0.717) is 5.56 Å². The topological polar surface area (TPSA) is 36.4 Å². The molecule has 1 amide bonds. The van der Waals surface area contributed by atoms with Crippen LogP contribution < -0.4 is 4.90 Å². The van der Waals surface area contributed by atoms with Crippen molar-refractivity contribution in [2.75, 3.05) is 31.1 Å². The minimum absolute atomic E-state index is 0.0550. The molecule has 4 nitrogen and oxygen atoms in total. The van der Waals surface area contributed by atoms with Gasteiger partial charge in [0.1, 0.15) is 0 Å². The molecule has 1 aromatic heterocycles. The van der Waals surface area contributed by atoms with E-state index in [1.54, 1.807) is 12.4 Å². The maximum absolute atomic E-state index is 12.6. The van der Waals surface area contributed by atoms with Crippen molar-refractivity contribution in [1.29, 1.82) is 0 Å². The lowest BCUT2D eigenvalue weighted by Gasteiger charge is -2.37. The molecule has 120 valence electrons. The standard InChI is InChI=1S/C18H20BrN3O/c1-13-4-3-5-17(14(13)2)21-6-8-22(9-7-21)18(23)15-10-16(19)12-20-11-15/h3-5,10-12H,6-9H2,1-2H3. The zero-order valence-corrected chi connectivity index (χ0v) is 15.0. The van der Waals surface area contributed by atoms with Gasteiger partial charge in [0, 0.05) is 48.7 Å². The minimum Gasteiger partial charge on any atom is -0.368 e. The Morgan fingerprint density at radius 2 is 1.87 bits per heavy atom. The number of aromatic nitrogens is 1. The number of amides is 1. The molecule has 0 atom stereocenters. The molecule has 1 fully saturated rings. The first kappa shape index (κ1) is 16.0. The predicted molar refractivity (Wildman–Crippen MR) is 96.0 cm³/mol. The Bertz CT molecular complexity index is 724. The van der Waals surface area contributed by atoms with Gasteiger partial charge in [0.25, 0.3) is 5.91 Å². The summed E-state index contributed by atoms with van der Waals surface area (Å²) in [5.74, 6) is 0.0550. The summed E-state index contributed by atoms with van der Waals surface area (Å²) in [4.78, 5) is 20.9. The molecule has 1 saturated heterocycles. The number of halogens is 1. The van der Waals surface area contributed by atoms with Crippen LogP contribution >= 0.6 is 15.9 Å². The monoisotopic (exact) mass is 373 g/mol. The Labute approximate surface area is 145 Å². The van der Waals surface area contributed by atoms with Gasteiger partial charge in [-0.2, -0.15) is 0 Å². The van der Waals surface area contributed by atoms with Crippen molar-refractivity contribution in [2.45, 2.75) is 13.8 Å². The Kier molecular flexibility index (Phi) is 4.66. The number of carbonyl (C=O) groups excluding carboxylic acids is 1. The normalized spacial score (nSPS) is 14.9. The summed E-state index contributed by atoms with van der Waals surface area (Å²) >= 11 is 3.37. The van der Waals surface area contributed by atoms with E-state index in [1.807, 2.05) is 11.0 Å². The Balaban J connectivity index is 1.69. The smallest absolute Gasteiger partial charge is 0.255 e. The third kappa shape index (κ3) is 3.39. The van der Waals surface area contributed by atoms with Crippen molar-refractivity contribution < 1.29 is 4.79 Å². The number of anilines is 1. The van der Waals surface area contributed by atoms with Gasteiger partial charge in [-0.05, 0) is 53.0 Å². The summed E-state index contributed by atoms with van der Waals surface area (Å²) in [7, 11) is 0. The maximum atomic E-state index is 12.6. The van der Waals surface area contributed by atoms with Gasteiger partial charge in [-0.25, -0.2) is 0 Å². The molecule has 0 aliphatic carbocycles. The molecule has 0 unspecified atom stereocenters. The summed E-state index contributed by atoms with van der Waals surface area (Å²) in [6.07, 6.45) is 3.32. The number of rotatable bonds is 2. The first-order chi connectivity index (χ1) is 11.1. The van der Waals surface area contributed by atoms with Crippen molar-refractivity contribution in [3.05, 3.63) is 57.8 Å². The summed E-state index contributed by atoms with van der Waals surface area (Å²) in [5.41, 5.74) is 4.55. The number of hydrogen-bond donors (Lipinski definition) is 0. The highest BCUT2D eigenvalue weighted by molar-refractivity contribution is 9.10. The number of nitrogens with zero attached hydrogens (tertiary/aromatic N) is 3. The number of piperazine rings is 1. The molecule has 0 N–H and O–H groups in total. The molecule has 0 radical (unpaired) electrons. The van der Waals surface area contributed by atoms with E-state index < -0.39 is 0 Å². The van der Waals surface area contributed by atoms with E-state index >= 15 is 0 Å². The lowest BCUT2D eigenvalue weighted by atomic mass is 10.1. The molecule has 23 heavy (non-hydrogen) atoms. The molecule has 2 heterocycles. The Morgan fingerprint density at radius 1 is 1.13 bits per heavy atom. The second-order valence-corrected chi connectivity index (χ2v) is 6.81. The van der Waals surface area contributed by atoms with Gasteiger partial charge in [0.15, 0.2) is 0 Å². The Morgan fingerprint density at radius 3 is 2.57 bits per heavy atom. The van der Waals surface area contributed by atoms with Gasteiger partial charge < -0.3 is 9.80 Å². The highest BCUT2D eigenvalue weighted by Gasteiger charge is 2.23. The third-order valence-electron chi connectivity index (χ3n) is 4.44. The Hall–Kier alpha value is -1.88. The molecule has 0 bridgehead atoms. The van der Waals surface area contributed by atoms with Crippen molar-refractivity contribution in [1.82, 2.24) is 9.88 Å². The largest absolute Gasteiger partial charge is 0.368 e. The molecule has 1 aliphatic rings. The first-order valence-corrected chi connectivity index (χ1v) is 8.56. The SMILES string of the molecule is Cc1cccc(N2CCN(C(=O)c3cncc(Br)c3)CC2)c1C. The van der Waals surface area contributed by atoms with Crippen LogP contribution in [0.5, 0.6) is 0 Å². The third-order valence-corrected chi connectivity index (χ3v) is 4.87. The summed E-state index contributed by atoms with van der Waals surface area (Å²) in [5, 5.41) is 0. The van der Waals surface area contributed by atoms with Crippen LogP contribution in [0.2, 0.25) is 0 Å². The zero-order valence-electron chi connectivity index (χ0n) is 13.4. The molecule has 2 aromatic rings.